The van der Waals surface area contributed by atoms with Gasteiger partial charge in [-0.3, -0.25) is 14.4 Å². The highest BCUT2D eigenvalue weighted by atomic mass is 32.2. The molecule has 28 heavy (non-hydrogen) atoms. The zero-order chi connectivity index (χ0) is 20.1. The van der Waals surface area contributed by atoms with Crippen LogP contribution in [0.15, 0.2) is 12.4 Å². The topological polar surface area (TPSA) is 88.0 Å². The van der Waals surface area contributed by atoms with Gasteiger partial charge in [-0.15, -0.1) is 0 Å². The van der Waals surface area contributed by atoms with Crippen LogP contribution in [0.3, 0.4) is 0 Å². The molecule has 3 rings (SSSR count). The van der Waals surface area contributed by atoms with E-state index in [1.165, 1.54) is 6.26 Å². The van der Waals surface area contributed by atoms with Crippen molar-refractivity contribution in [2.75, 3.05) is 58.7 Å². The van der Waals surface area contributed by atoms with Crippen LogP contribution in [0.5, 0.6) is 0 Å². The number of sulfonamides is 1. The van der Waals surface area contributed by atoms with E-state index in [0.29, 0.717) is 39.4 Å². The number of amides is 1. The molecule has 0 aromatic carbocycles. The Morgan fingerprint density at radius 3 is 2.71 bits per heavy atom. The first-order valence-electron chi connectivity index (χ1n) is 9.86. The number of hydrogen-bond acceptors (Lipinski definition) is 6. The van der Waals surface area contributed by atoms with Crippen molar-refractivity contribution >= 4 is 15.9 Å². The summed E-state index contributed by atoms with van der Waals surface area (Å²) in [4.78, 5) is 16.7. The molecule has 2 aliphatic rings. The van der Waals surface area contributed by atoms with Crippen LogP contribution >= 0.6 is 0 Å². The lowest BCUT2D eigenvalue weighted by molar-refractivity contribution is -0.133. The Morgan fingerprint density at radius 1 is 1.32 bits per heavy atom. The lowest BCUT2D eigenvalue weighted by Crippen LogP contribution is -2.53. The largest absolute Gasteiger partial charge is 0.379 e. The van der Waals surface area contributed by atoms with Crippen molar-refractivity contribution in [1.29, 1.82) is 0 Å². The van der Waals surface area contributed by atoms with Crippen molar-refractivity contribution in [2.24, 2.45) is 0 Å². The smallest absolute Gasteiger partial charge is 0.244 e. The van der Waals surface area contributed by atoms with E-state index in [2.05, 4.69) is 10.00 Å². The molecule has 0 N–H and O–H groups in total. The van der Waals surface area contributed by atoms with E-state index < -0.39 is 10.0 Å². The molecular weight excluding hydrogens is 382 g/mol. The van der Waals surface area contributed by atoms with Crippen LogP contribution in [0.1, 0.15) is 18.4 Å². The molecule has 0 bridgehead atoms. The highest BCUT2D eigenvalue weighted by Gasteiger charge is 2.32. The van der Waals surface area contributed by atoms with E-state index in [1.54, 1.807) is 20.1 Å². The van der Waals surface area contributed by atoms with Gasteiger partial charge < -0.3 is 9.64 Å². The predicted molar refractivity (Wildman–Crippen MR) is 105 cm³/mol. The molecule has 0 spiro atoms. The normalized spacial score (nSPS) is 22.0. The van der Waals surface area contributed by atoms with E-state index in [0.717, 1.165) is 31.5 Å². The van der Waals surface area contributed by atoms with Crippen molar-refractivity contribution in [2.45, 2.75) is 32.4 Å². The molecule has 10 heteroatoms. The Kier molecular flexibility index (Phi) is 7.08. The van der Waals surface area contributed by atoms with Gasteiger partial charge in [0.25, 0.3) is 0 Å². The number of nitrogens with zero attached hydrogens (tertiary/aromatic N) is 5. The van der Waals surface area contributed by atoms with Gasteiger partial charge in [0.15, 0.2) is 0 Å². The number of piperidine rings is 1. The van der Waals surface area contributed by atoms with E-state index in [4.69, 9.17) is 4.74 Å². The molecule has 0 saturated carbocycles. The molecule has 9 nitrogen and oxygen atoms in total. The summed E-state index contributed by atoms with van der Waals surface area (Å²) < 4.78 is 33.5. The van der Waals surface area contributed by atoms with E-state index in [9.17, 15) is 13.2 Å². The molecule has 2 fully saturated rings. The number of rotatable bonds is 7. The van der Waals surface area contributed by atoms with Gasteiger partial charge in [-0.05, 0) is 25.3 Å². The van der Waals surface area contributed by atoms with Crippen molar-refractivity contribution < 1.29 is 17.9 Å². The highest BCUT2D eigenvalue weighted by Crippen LogP contribution is 2.19. The maximum Gasteiger partial charge on any atom is 0.244 e. The second-order valence-electron chi connectivity index (χ2n) is 7.68. The van der Waals surface area contributed by atoms with Crippen LogP contribution in [0.2, 0.25) is 0 Å². The lowest BCUT2D eigenvalue weighted by atomic mass is 10.1. The van der Waals surface area contributed by atoms with Crippen molar-refractivity contribution in [3.8, 4) is 0 Å². The summed E-state index contributed by atoms with van der Waals surface area (Å²) in [6.07, 6.45) is 6.41. The first-order valence-corrected chi connectivity index (χ1v) is 11.7. The van der Waals surface area contributed by atoms with Gasteiger partial charge in [-0.2, -0.15) is 9.40 Å². The SMILES string of the molecule is Cc1cnn(CC(=O)N2CCCC(N(CCN3CCOCC3)S(C)(=O)=O)C2)c1. The number of hydrogen-bond donors (Lipinski definition) is 0. The van der Waals surface area contributed by atoms with Crippen molar-refractivity contribution in [3.05, 3.63) is 18.0 Å². The summed E-state index contributed by atoms with van der Waals surface area (Å²) in [6, 6.07) is -0.173. The minimum absolute atomic E-state index is 0.0190. The first kappa shape index (κ1) is 21.2. The fraction of sp³-hybridized carbons (Fsp3) is 0.778. The third kappa shape index (κ3) is 5.76. The molecule has 1 unspecified atom stereocenters. The molecule has 1 aromatic rings. The Morgan fingerprint density at radius 2 is 2.07 bits per heavy atom. The molecule has 3 heterocycles. The number of ether oxygens (including phenoxy) is 1. The quantitative estimate of drug-likeness (QED) is 0.614. The molecular formula is C18H31N5O4S. The minimum atomic E-state index is -3.35. The summed E-state index contributed by atoms with van der Waals surface area (Å²) in [5, 5.41) is 4.17. The molecule has 158 valence electrons. The summed E-state index contributed by atoms with van der Waals surface area (Å²) in [5.74, 6) is -0.0190. The number of carbonyl (C=O) groups is 1. The van der Waals surface area contributed by atoms with Crippen LogP contribution in [-0.2, 0) is 26.1 Å². The number of likely N-dealkylation sites (tertiary alicyclic amines) is 1. The summed E-state index contributed by atoms with van der Waals surface area (Å²) in [7, 11) is -3.35. The van der Waals surface area contributed by atoms with Crippen molar-refractivity contribution in [1.82, 2.24) is 23.9 Å². The van der Waals surface area contributed by atoms with Gasteiger partial charge in [0, 0.05) is 51.5 Å². The molecule has 1 atom stereocenters. The van der Waals surface area contributed by atoms with Crippen LogP contribution < -0.4 is 0 Å². The average molecular weight is 414 g/mol. The number of aryl methyl sites for hydroxylation is 1. The zero-order valence-corrected chi connectivity index (χ0v) is 17.6. The van der Waals surface area contributed by atoms with Gasteiger partial charge in [0.05, 0.1) is 25.7 Å². The minimum Gasteiger partial charge on any atom is -0.379 e. The van der Waals surface area contributed by atoms with E-state index in [1.807, 2.05) is 13.1 Å². The number of carbonyl (C=O) groups excluding carboxylic acids is 1. The Labute approximate surface area is 167 Å². The Bertz CT molecular complexity index is 760. The predicted octanol–water partition coefficient (Wildman–Crippen LogP) is -0.224. The molecule has 1 amide bonds. The second kappa shape index (κ2) is 9.34. The maximum atomic E-state index is 12.7. The average Bonchev–Trinajstić information content (AvgIpc) is 3.06. The monoisotopic (exact) mass is 413 g/mol. The molecule has 2 aliphatic heterocycles. The molecule has 0 aliphatic carbocycles. The maximum absolute atomic E-state index is 12.7. The lowest BCUT2D eigenvalue weighted by Gasteiger charge is -2.39. The van der Waals surface area contributed by atoms with E-state index in [-0.39, 0.29) is 18.5 Å². The first-order chi connectivity index (χ1) is 13.3. The summed E-state index contributed by atoms with van der Waals surface area (Å²) in [5.41, 5.74) is 1.01. The highest BCUT2D eigenvalue weighted by molar-refractivity contribution is 7.88. The van der Waals surface area contributed by atoms with Gasteiger partial charge >= 0.3 is 0 Å². The molecule has 0 radical (unpaired) electrons. The molecule has 1 aromatic heterocycles. The zero-order valence-electron chi connectivity index (χ0n) is 16.8. The fourth-order valence-corrected chi connectivity index (χ4v) is 5.02. The van der Waals surface area contributed by atoms with Gasteiger partial charge in [0.1, 0.15) is 6.54 Å². The van der Waals surface area contributed by atoms with Crippen LogP contribution in [0.25, 0.3) is 0 Å². The third-order valence-electron chi connectivity index (χ3n) is 5.38. The van der Waals surface area contributed by atoms with Crippen molar-refractivity contribution in [3.63, 3.8) is 0 Å². The standard InChI is InChI=1S/C18H31N5O4S/c1-16-12-19-22(13-16)15-18(24)21-5-3-4-17(14-21)23(28(2,25)26)7-6-20-8-10-27-11-9-20/h12-13,17H,3-11,14-15H2,1-2H3. The van der Waals surface area contributed by atoms with Gasteiger partial charge in [-0.25, -0.2) is 8.42 Å². The van der Waals surface area contributed by atoms with Gasteiger partial charge in [-0.1, -0.05) is 0 Å². The Hall–Kier alpha value is -1.49. The third-order valence-corrected chi connectivity index (χ3v) is 6.72. The van der Waals surface area contributed by atoms with Crippen LogP contribution in [-0.4, -0.2) is 103 Å². The van der Waals surface area contributed by atoms with Gasteiger partial charge in [0.2, 0.25) is 15.9 Å². The number of aromatic nitrogens is 2. The van der Waals surface area contributed by atoms with E-state index >= 15 is 0 Å². The van der Waals surface area contributed by atoms with Crippen LogP contribution in [0, 0.1) is 6.92 Å². The fourth-order valence-electron chi connectivity index (χ4n) is 3.89. The molecule has 2 saturated heterocycles. The van der Waals surface area contributed by atoms with Crippen LogP contribution in [0.4, 0.5) is 0 Å². The Balaban J connectivity index is 1.60. The number of morpholine rings is 1. The summed E-state index contributed by atoms with van der Waals surface area (Å²) >= 11 is 0. The second-order valence-corrected chi connectivity index (χ2v) is 9.61. The summed E-state index contributed by atoms with van der Waals surface area (Å²) in [6.45, 7) is 7.40.